The van der Waals surface area contributed by atoms with Gasteiger partial charge in [-0.1, -0.05) is 0 Å². The smallest absolute Gasteiger partial charge is 0.265 e. The summed E-state index contributed by atoms with van der Waals surface area (Å²) in [5.74, 6) is 0.333. The molecule has 22 heavy (non-hydrogen) atoms. The number of hydrogen-bond acceptors (Lipinski definition) is 8. The van der Waals surface area contributed by atoms with Crippen LogP contribution in [0.2, 0.25) is 0 Å². The van der Waals surface area contributed by atoms with E-state index < -0.39 is 0 Å². The third-order valence-electron chi connectivity index (χ3n) is 2.53. The molecule has 0 spiro atoms. The molecule has 3 aromatic rings. The topological polar surface area (TPSA) is 102 Å². The Morgan fingerprint density at radius 2 is 0.955 bits per heavy atom. The van der Waals surface area contributed by atoms with Crippen molar-refractivity contribution in [1.29, 1.82) is 0 Å². The number of nitrogens with zero attached hydrogens (tertiary/aromatic N) is 8. The van der Waals surface area contributed by atoms with Gasteiger partial charge in [0, 0.05) is 37.2 Å². The summed E-state index contributed by atoms with van der Waals surface area (Å²) in [5.41, 5.74) is 1.77. The van der Waals surface area contributed by atoms with Gasteiger partial charge in [-0.25, -0.2) is 9.98 Å². The van der Waals surface area contributed by atoms with Gasteiger partial charge in [0.1, 0.15) is 0 Å². The van der Waals surface area contributed by atoms with Crippen LogP contribution in [-0.4, -0.2) is 42.8 Å². The lowest BCUT2D eigenvalue weighted by Gasteiger charge is -1.92. The summed E-state index contributed by atoms with van der Waals surface area (Å²) in [6.45, 7) is 0. The molecule has 0 amide bonds. The Balaban J connectivity index is 1.68. The first-order valence-electron chi connectivity index (χ1n) is 6.36. The Morgan fingerprint density at radius 1 is 0.591 bits per heavy atom. The monoisotopic (exact) mass is 290 g/mol. The lowest BCUT2D eigenvalue weighted by Crippen LogP contribution is -1.92. The van der Waals surface area contributed by atoms with Crippen molar-refractivity contribution in [3.05, 3.63) is 60.2 Å². The van der Waals surface area contributed by atoms with Gasteiger partial charge in [-0.15, -0.1) is 20.4 Å². The van der Waals surface area contributed by atoms with E-state index in [0.717, 1.165) is 11.1 Å². The molecule has 3 aromatic heterocycles. The molecule has 3 rings (SSSR count). The summed E-state index contributed by atoms with van der Waals surface area (Å²) >= 11 is 0. The van der Waals surface area contributed by atoms with Crippen molar-refractivity contribution >= 4 is 24.3 Å². The van der Waals surface area contributed by atoms with Crippen LogP contribution in [0.4, 0.5) is 11.9 Å². The molecule has 8 heteroatoms. The fourth-order valence-electron chi connectivity index (χ4n) is 1.49. The average molecular weight is 290 g/mol. The third kappa shape index (κ3) is 3.79. The molecule has 0 fully saturated rings. The largest absolute Gasteiger partial charge is 0.287 e. The summed E-state index contributed by atoms with van der Waals surface area (Å²) in [6, 6.07) is 7.27. The summed E-state index contributed by atoms with van der Waals surface area (Å²) in [5, 5.41) is 15.4. The summed E-state index contributed by atoms with van der Waals surface area (Å²) in [4.78, 5) is 16.0. The fourth-order valence-corrected chi connectivity index (χ4v) is 1.49. The maximum atomic E-state index is 4.08. The highest BCUT2D eigenvalue weighted by molar-refractivity contribution is 5.81. The molecule has 0 atom stereocenters. The highest BCUT2D eigenvalue weighted by atomic mass is 15.4. The van der Waals surface area contributed by atoms with Crippen LogP contribution in [-0.2, 0) is 0 Å². The van der Waals surface area contributed by atoms with Gasteiger partial charge < -0.3 is 0 Å². The average Bonchev–Trinajstić information content (AvgIpc) is 2.61. The van der Waals surface area contributed by atoms with Crippen molar-refractivity contribution in [3.8, 4) is 0 Å². The van der Waals surface area contributed by atoms with Crippen LogP contribution in [0.1, 0.15) is 11.1 Å². The molecular formula is C14H10N8. The van der Waals surface area contributed by atoms with E-state index in [-0.39, 0.29) is 11.9 Å². The second kappa shape index (κ2) is 6.84. The molecule has 0 saturated carbocycles. The Morgan fingerprint density at radius 3 is 1.32 bits per heavy atom. The molecule has 0 N–H and O–H groups in total. The molecule has 0 aliphatic heterocycles. The molecule has 3 heterocycles. The quantitative estimate of drug-likeness (QED) is 0.675. The van der Waals surface area contributed by atoms with Crippen LogP contribution in [0.5, 0.6) is 0 Å². The number of pyridine rings is 2. The number of aliphatic imine (C=N–C) groups is 2. The second-order valence-corrected chi connectivity index (χ2v) is 4.08. The zero-order chi connectivity index (χ0) is 15.0. The van der Waals surface area contributed by atoms with Crippen LogP contribution in [0.25, 0.3) is 0 Å². The third-order valence-corrected chi connectivity index (χ3v) is 2.53. The zero-order valence-electron chi connectivity index (χ0n) is 11.4. The molecule has 0 saturated heterocycles. The standard InChI is InChI=1S/C14H10N8/c1-5-15-6-2-11(1)9-17-13-19-21-14(22-20-13)18-10-12-3-7-16-8-4-12/h1-10H. The highest BCUT2D eigenvalue weighted by Gasteiger charge is 1.97. The van der Waals surface area contributed by atoms with E-state index in [2.05, 4.69) is 40.3 Å². The molecule has 0 radical (unpaired) electrons. The van der Waals surface area contributed by atoms with Gasteiger partial charge in [0.2, 0.25) is 0 Å². The lowest BCUT2D eigenvalue weighted by atomic mass is 10.3. The van der Waals surface area contributed by atoms with E-state index in [0.29, 0.717) is 0 Å². The maximum absolute atomic E-state index is 4.08. The van der Waals surface area contributed by atoms with Crippen LogP contribution in [0, 0.1) is 0 Å². The molecule has 106 valence electrons. The summed E-state index contributed by atoms with van der Waals surface area (Å²) in [6.07, 6.45) is 9.93. The van der Waals surface area contributed by atoms with Gasteiger partial charge in [-0.3, -0.25) is 9.97 Å². The van der Waals surface area contributed by atoms with Gasteiger partial charge in [0.05, 0.1) is 0 Å². The van der Waals surface area contributed by atoms with Crippen molar-refractivity contribution in [2.45, 2.75) is 0 Å². The lowest BCUT2D eigenvalue weighted by molar-refractivity contribution is 0.856. The second-order valence-electron chi connectivity index (χ2n) is 4.08. The van der Waals surface area contributed by atoms with E-state index in [1.807, 2.05) is 24.3 Å². The molecule has 8 nitrogen and oxygen atoms in total. The molecule has 0 aromatic carbocycles. The molecule has 0 bridgehead atoms. The minimum absolute atomic E-state index is 0.166. The highest BCUT2D eigenvalue weighted by Crippen LogP contribution is 2.04. The van der Waals surface area contributed by atoms with Crippen molar-refractivity contribution in [1.82, 2.24) is 30.4 Å². The van der Waals surface area contributed by atoms with Crippen molar-refractivity contribution in [3.63, 3.8) is 0 Å². The number of hydrogen-bond donors (Lipinski definition) is 0. The van der Waals surface area contributed by atoms with E-state index >= 15 is 0 Å². The minimum atomic E-state index is 0.166. The number of aromatic nitrogens is 6. The maximum Gasteiger partial charge on any atom is 0.287 e. The van der Waals surface area contributed by atoms with E-state index in [1.54, 1.807) is 37.2 Å². The first kappa shape index (κ1) is 13.6. The predicted octanol–water partition coefficient (Wildman–Crippen LogP) is 1.56. The van der Waals surface area contributed by atoms with Gasteiger partial charge in [-0.05, 0) is 35.4 Å². The van der Waals surface area contributed by atoms with Crippen molar-refractivity contribution < 1.29 is 0 Å². The zero-order valence-corrected chi connectivity index (χ0v) is 11.4. The summed E-state index contributed by atoms with van der Waals surface area (Å²) < 4.78 is 0. The Labute approximate surface area is 125 Å². The van der Waals surface area contributed by atoms with E-state index in [9.17, 15) is 0 Å². The molecule has 0 aliphatic rings. The van der Waals surface area contributed by atoms with Crippen LogP contribution in [0.15, 0.2) is 59.0 Å². The van der Waals surface area contributed by atoms with Gasteiger partial charge in [0.15, 0.2) is 0 Å². The van der Waals surface area contributed by atoms with Crippen LogP contribution >= 0.6 is 0 Å². The predicted molar refractivity (Wildman–Crippen MR) is 80.6 cm³/mol. The van der Waals surface area contributed by atoms with Crippen LogP contribution in [0.3, 0.4) is 0 Å². The summed E-state index contributed by atoms with van der Waals surface area (Å²) in [7, 11) is 0. The van der Waals surface area contributed by atoms with Gasteiger partial charge in [-0.2, -0.15) is 0 Å². The van der Waals surface area contributed by atoms with Gasteiger partial charge in [0.25, 0.3) is 11.9 Å². The first-order chi connectivity index (χ1) is 10.9. The SMILES string of the molecule is C(=Nc1nnc(N=Cc2ccncc2)nn1)c1ccncc1. The van der Waals surface area contributed by atoms with E-state index in [4.69, 9.17) is 0 Å². The molecule has 0 unspecified atom stereocenters. The van der Waals surface area contributed by atoms with E-state index in [1.165, 1.54) is 0 Å². The molecule has 0 aliphatic carbocycles. The Bertz CT molecular complexity index is 700. The van der Waals surface area contributed by atoms with Crippen LogP contribution < -0.4 is 0 Å². The van der Waals surface area contributed by atoms with Crippen molar-refractivity contribution in [2.24, 2.45) is 9.98 Å². The normalized spacial score (nSPS) is 11.3. The Kier molecular flexibility index (Phi) is 4.22. The number of rotatable bonds is 4. The minimum Gasteiger partial charge on any atom is -0.265 e. The fraction of sp³-hybridized carbons (Fsp3) is 0. The van der Waals surface area contributed by atoms with Gasteiger partial charge >= 0.3 is 0 Å². The first-order valence-corrected chi connectivity index (χ1v) is 6.36. The van der Waals surface area contributed by atoms with Crippen molar-refractivity contribution in [2.75, 3.05) is 0 Å². The Hall–Kier alpha value is -3.42. The molecular weight excluding hydrogens is 280 g/mol.